The molecule has 0 radical (unpaired) electrons. The zero-order chi connectivity index (χ0) is 6.48. The molecule has 0 N–H and O–H groups in total. The van der Waals surface area contributed by atoms with Crippen LogP contribution < -0.4 is 0 Å². The van der Waals surface area contributed by atoms with Crippen molar-refractivity contribution >= 4 is 0 Å². The Labute approximate surface area is 57.6 Å². The molecular formula is C9H16. The molecule has 0 heteroatoms. The topological polar surface area (TPSA) is 0 Å². The Hall–Kier alpha value is 0. The van der Waals surface area contributed by atoms with E-state index < -0.39 is 0 Å². The molecule has 0 nitrogen and oxygen atoms in total. The minimum atomic E-state index is 0.734. The fourth-order valence-corrected chi connectivity index (χ4v) is 2.71. The van der Waals surface area contributed by atoms with E-state index in [0.717, 1.165) is 17.3 Å². The molecule has 2 bridgehead atoms. The highest BCUT2D eigenvalue weighted by Crippen LogP contribution is 2.58. The van der Waals surface area contributed by atoms with Gasteiger partial charge >= 0.3 is 0 Å². The summed E-state index contributed by atoms with van der Waals surface area (Å²) < 4.78 is 0. The van der Waals surface area contributed by atoms with Gasteiger partial charge in [-0.15, -0.1) is 0 Å². The summed E-state index contributed by atoms with van der Waals surface area (Å²) >= 11 is 0. The number of hydrogen-bond donors (Lipinski definition) is 0. The van der Waals surface area contributed by atoms with E-state index in [1.165, 1.54) is 19.3 Å². The van der Waals surface area contributed by atoms with Gasteiger partial charge in [-0.05, 0) is 36.5 Å². The van der Waals surface area contributed by atoms with Gasteiger partial charge in [0.1, 0.15) is 0 Å². The maximum absolute atomic E-state index is 2.45. The Morgan fingerprint density at radius 1 is 1.11 bits per heavy atom. The lowest BCUT2D eigenvalue weighted by Crippen LogP contribution is -2.47. The molecule has 2 atom stereocenters. The summed E-state index contributed by atoms with van der Waals surface area (Å²) in [6.45, 7) is 4.90. The summed E-state index contributed by atoms with van der Waals surface area (Å²) in [5, 5.41) is 0. The van der Waals surface area contributed by atoms with Gasteiger partial charge in [-0.2, -0.15) is 0 Å². The largest absolute Gasteiger partial charge is 0.0594 e. The normalized spacial score (nSPS) is 46.0. The van der Waals surface area contributed by atoms with Crippen LogP contribution in [0.15, 0.2) is 0 Å². The van der Waals surface area contributed by atoms with E-state index in [2.05, 4.69) is 13.8 Å². The van der Waals surface area contributed by atoms with E-state index in [1.807, 2.05) is 0 Å². The van der Waals surface area contributed by atoms with Crippen LogP contribution in [-0.4, -0.2) is 0 Å². The van der Waals surface area contributed by atoms with Gasteiger partial charge in [0.25, 0.3) is 0 Å². The first-order chi connectivity index (χ1) is 4.21. The highest BCUT2D eigenvalue weighted by Gasteiger charge is 2.49. The van der Waals surface area contributed by atoms with Gasteiger partial charge in [0.2, 0.25) is 0 Å². The fourth-order valence-electron chi connectivity index (χ4n) is 2.71. The second-order valence-corrected chi connectivity index (χ2v) is 4.38. The molecule has 0 aromatic carbocycles. The molecule has 0 aromatic heterocycles. The molecule has 0 heterocycles. The number of rotatable bonds is 0. The van der Waals surface area contributed by atoms with Gasteiger partial charge in [0.05, 0.1) is 0 Å². The quantitative estimate of drug-likeness (QED) is 0.466. The molecule has 0 spiro atoms. The summed E-state index contributed by atoms with van der Waals surface area (Å²) in [5.74, 6) is 2.19. The molecule has 0 saturated heterocycles. The molecule has 0 amide bonds. The van der Waals surface area contributed by atoms with Crippen molar-refractivity contribution in [2.75, 3.05) is 0 Å². The Bertz CT molecular complexity index is 108. The molecule has 9 heavy (non-hydrogen) atoms. The van der Waals surface area contributed by atoms with E-state index in [1.54, 1.807) is 6.42 Å². The van der Waals surface area contributed by atoms with E-state index in [4.69, 9.17) is 0 Å². The van der Waals surface area contributed by atoms with Crippen LogP contribution in [-0.2, 0) is 0 Å². The number of hydrogen-bond acceptors (Lipinski definition) is 0. The third-order valence-electron chi connectivity index (χ3n) is 3.78. The molecule has 0 aromatic rings. The Morgan fingerprint density at radius 3 is 1.89 bits per heavy atom. The molecule has 3 fully saturated rings. The number of fused-ring (bicyclic) bond motifs is 2. The van der Waals surface area contributed by atoms with Gasteiger partial charge in [-0.25, -0.2) is 0 Å². The minimum absolute atomic E-state index is 0.734. The second-order valence-electron chi connectivity index (χ2n) is 4.38. The predicted octanol–water partition coefficient (Wildman–Crippen LogP) is 2.83. The first-order valence-corrected chi connectivity index (χ1v) is 4.21. The van der Waals surface area contributed by atoms with E-state index >= 15 is 0 Å². The first kappa shape index (κ1) is 5.76. The van der Waals surface area contributed by atoms with Crippen LogP contribution in [0.1, 0.15) is 39.5 Å². The smallest absolute Gasteiger partial charge is 0.0297 e. The van der Waals surface area contributed by atoms with E-state index in [0.29, 0.717) is 0 Å². The standard InChI is InChI=1S/C9H16/c1-9(2)7-4-3-5-8(9)6-7/h7-8H,3-6H2,1-2H3. The van der Waals surface area contributed by atoms with Crippen LogP contribution in [0.25, 0.3) is 0 Å². The van der Waals surface area contributed by atoms with E-state index in [-0.39, 0.29) is 0 Å². The van der Waals surface area contributed by atoms with Crippen molar-refractivity contribution in [3.63, 3.8) is 0 Å². The molecule has 3 aliphatic carbocycles. The van der Waals surface area contributed by atoms with Crippen molar-refractivity contribution in [2.45, 2.75) is 39.5 Å². The summed E-state index contributed by atoms with van der Waals surface area (Å²) in [6.07, 6.45) is 6.10. The average molecular weight is 124 g/mol. The van der Waals surface area contributed by atoms with Crippen LogP contribution >= 0.6 is 0 Å². The Kier molecular flexibility index (Phi) is 0.980. The monoisotopic (exact) mass is 124 g/mol. The zero-order valence-corrected chi connectivity index (χ0v) is 6.48. The van der Waals surface area contributed by atoms with Crippen LogP contribution in [0.4, 0.5) is 0 Å². The molecule has 52 valence electrons. The van der Waals surface area contributed by atoms with Crippen molar-refractivity contribution in [3.8, 4) is 0 Å². The van der Waals surface area contributed by atoms with Crippen molar-refractivity contribution in [1.29, 1.82) is 0 Å². The molecule has 0 aliphatic heterocycles. The fraction of sp³-hybridized carbons (Fsp3) is 1.00. The third-order valence-corrected chi connectivity index (χ3v) is 3.78. The summed E-state index contributed by atoms with van der Waals surface area (Å²) in [7, 11) is 0. The molecule has 2 unspecified atom stereocenters. The maximum Gasteiger partial charge on any atom is -0.0297 e. The van der Waals surface area contributed by atoms with Gasteiger partial charge in [0.15, 0.2) is 0 Å². The van der Waals surface area contributed by atoms with Crippen LogP contribution in [0.3, 0.4) is 0 Å². The highest BCUT2D eigenvalue weighted by molar-refractivity contribution is 4.99. The van der Waals surface area contributed by atoms with Crippen molar-refractivity contribution < 1.29 is 0 Å². The Balaban J connectivity index is 2.13. The van der Waals surface area contributed by atoms with Crippen molar-refractivity contribution in [3.05, 3.63) is 0 Å². The van der Waals surface area contributed by atoms with Crippen molar-refractivity contribution in [2.24, 2.45) is 17.3 Å². The lowest BCUT2D eigenvalue weighted by Gasteiger charge is -2.56. The molecule has 3 rings (SSSR count). The summed E-state index contributed by atoms with van der Waals surface area (Å²) in [6, 6.07) is 0. The second kappa shape index (κ2) is 1.53. The van der Waals surface area contributed by atoms with Gasteiger partial charge < -0.3 is 0 Å². The van der Waals surface area contributed by atoms with Gasteiger partial charge in [0, 0.05) is 0 Å². The molecule has 3 aliphatic rings. The SMILES string of the molecule is CC1(C)C2CCCC1C2. The summed E-state index contributed by atoms with van der Waals surface area (Å²) in [4.78, 5) is 0. The predicted molar refractivity (Wildman–Crippen MR) is 39.2 cm³/mol. The average Bonchev–Trinajstić information content (AvgIpc) is 1.89. The van der Waals surface area contributed by atoms with Crippen LogP contribution in [0.2, 0.25) is 0 Å². The zero-order valence-electron chi connectivity index (χ0n) is 6.48. The maximum atomic E-state index is 2.45. The Morgan fingerprint density at radius 2 is 1.67 bits per heavy atom. The third kappa shape index (κ3) is 0.595. The lowest BCUT2D eigenvalue weighted by atomic mass is 9.49. The molecule has 3 saturated carbocycles. The van der Waals surface area contributed by atoms with E-state index in [9.17, 15) is 0 Å². The van der Waals surface area contributed by atoms with Crippen LogP contribution in [0, 0.1) is 17.3 Å². The van der Waals surface area contributed by atoms with Crippen molar-refractivity contribution in [1.82, 2.24) is 0 Å². The van der Waals surface area contributed by atoms with Crippen LogP contribution in [0.5, 0.6) is 0 Å². The lowest BCUT2D eigenvalue weighted by molar-refractivity contribution is -0.0646. The molecular weight excluding hydrogens is 108 g/mol. The van der Waals surface area contributed by atoms with Gasteiger partial charge in [-0.1, -0.05) is 20.3 Å². The first-order valence-electron chi connectivity index (χ1n) is 4.21. The minimum Gasteiger partial charge on any atom is -0.0594 e. The van der Waals surface area contributed by atoms with Gasteiger partial charge in [-0.3, -0.25) is 0 Å². The highest BCUT2D eigenvalue weighted by atomic mass is 14.5. The summed E-state index contributed by atoms with van der Waals surface area (Å²) in [5.41, 5.74) is 0.734.